The molecule has 0 aliphatic heterocycles. The number of hydrogen-bond donors (Lipinski definition) is 1. The fourth-order valence-corrected chi connectivity index (χ4v) is 2.15. The fraction of sp³-hybridized carbons (Fsp3) is 0.263. The van der Waals surface area contributed by atoms with E-state index in [0.717, 1.165) is 36.2 Å². The first-order valence-corrected chi connectivity index (χ1v) is 7.98. The van der Waals surface area contributed by atoms with Gasteiger partial charge in [0.2, 0.25) is 0 Å². The van der Waals surface area contributed by atoms with Gasteiger partial charge in [0.05, 0.1) is 11.1 Å². The average Bonchev–Trinajstić information content (AvgIpc) is 2.61. The number of amides is 1. The second-order valence-corrected chi connectivity index (χ2v) is 5.66. The summed E-state index contributed by atoms with van der Waals surface area (Å²) in [7, 11) is 0. The van der Waals surface area contributed by atoms with Gasteiger partial charge in [0.25, 0.3) is 5.91 Å². The van der Waals surface area contributed by atoms with Crippen LogP contribution in [0.25, 0.3) is 0 Å². The van der Waals surface area contributed by atoms with Crippen molar-refractivity contribution in [3.05, 3.63) is 65.2 Å². The highest BCUT2D eigenvalue weighted by Gasteiger charge is 2.30. The molecule has 4 nitrogen and oxygen atoms in total. The quantitative estimate of drug-likeness (QED) is 0.797. The number of ether oxygens (including phenoxy) is 1. The predicted octanol–water partition coefficient (Wildman–Crippen LogP) is 4.45. The van der Waals surface area contributed by atoms with Crippen LogP contribution in [0.4, 0.5) is 18.9 Å². The maximum Gasteiger partial charge on any atom is 0.416 e. The monoisotopic (exact) mass is 365 g/mol. The van der Waals surface area contributed by atoms with Crippen LogP contribution in [0.2, 0.25) is 0 Å². The molecule has 0 radical (unpaired) electrons. The van der Waals surface area contributed by atoms with Gasteiger partial charge in [0.15, 0.2) is 6.10 Å². The standard InChI is InChI=1S/C19H18F3NO3/c1-3-13-4-6-14(7-5-13)18(25)26-12(2)17(24)23-16-10-8-15(9-11-16)19(20,21)22/h4-12H,3H2,1-2H3,(H,23,24)/t12-/m0/s1. The van der Waals surface area contributed by atoms with E-state index in [2.05, 4.69) is 5.32 Å². The first-order chi connectivity index (χ1) is 12.2. The lowest BCUT2D eigenvalue weighted by Crippen LogP contribution is -2.30. The lowest BCUT2D eigenvalue weighted by Gasteiger charge is -2.14. The van der Waals surface area contributed by atoms with E-state index in [1.807, 2.05) is 6.92 Å². The van der Waals surface area contributed by atoms with Crippen LogP contribution >= 0.6 is 0 Å². The Morgan fingerprint density at radius 1 is 1.04 bits per heavy atom. The van der Waals surface area contributed by atoms with Crippen LogP contribution in [-0.4, -0.2) is 18.0 Å². The van der Waals surface area contributed by atoms with E-state index in [4.69, 9.17) is 4.74 Å². The minimum Gasteiger partial charge on any atom is -0.449 e. The number of aryl methyl sites for hydroxylation is 1. The minimum absolute atomic E-state index is 0.179. The Bertz CT molecular complexity index is 768. The number of esters is 1. The molecule has 138 valence electrons. The SMILES string of the molecule is CCc1ccc(C(=O)O[C@@H](C)C(=O)Nc2ccc(C(F)(F)F)cc2)cc1. The van der Waals surface area contributed by atoms with Crippen molar-refractivity contribution in [3.63, 3.8) is 0 Å². The molecule has 0 spiro atoms. The third kappa shape index (κ3) is 5.08. The molecular formula is C19H18F3NO3. The molecule has 2 rings (SSSR count). The zero-order chi connectivity index (χ0) is 19.3. The number of nitrogens with one attached hydrogen (secondary N) is 1. The Balaban J connectivity index is 1.95. The molecule has 26 heavy (non-hydrogen) atoms. The molecule has 0 saturated carbocycles. The Kier molecular flexibility index (Phi) is 6.02. The number of carbonyl (C=O) groups is 2. The summed E-state index contributed by atoms with van der Waals surface area (Å²) in [6.07, 6.45) is -4.71. The summed E-state index contributed by atoms with van der Waals surface area (Å²) < 4.78 is 42.6. The van der Waals surface area contributed by atoms with Crippen LogP contribution in [-0.2, 0) is 22.1 Å². The molecule has 7 heteroatoms. The first kappa shape index (κ1) is 19.5. The van der Waals surface area contributed by atoms with Crippen molar-refractivity contribution >= 4 is 17.6 Å². The van der Waals surface area contributed by atoms with E-state index in [-0.39, 0.29) is 5.69 Å². The Labute approximate surface area is 149 Å². The van der Waals surface area contributed by atoms with E-state index < -0.39 is 29.7 Å². The largest absolute Gasteiger partial charge is 0.449 e. The average molecular weight is 365 g/mol. The van der Waals surface area contributed by atoms with Gasteiger partial charge in [-0.2, -0.15) is 13.2 Å². The van der Waals surface area contributed by atoms with Crippen molar-refractivity contribution in [1.82, 2.24) is 0 Å². The van der Waals surface area contributed by atoms with Crippen LogP contribution in [0.15, 0.2) is 48.5 Å². The number of halogens is 3. The van der Waals surface area contributed by atoms with Gasteiger partial charge in [0.1, 0.15) is 0 Å². The molecular weight excluding hydrogens is 347 g/mol. The fourth-order valence-electron chi connectivity index (χ4n) is 2.15. The minimum atomic E-state index is -4.45. The number of carbonyl (C=O) groups excluding carboxylic acids is 2. The number of alkyl halides is 3. The van der Waals surface area contributed by atoms with Gasteiger partial charge in [-0.1, -0.05) is 19.1 Å². The summed E-state index contributed by atoms with van der Waals surface area (Å²) in [5.74, 6) is -1.29. The molecule has 1 atom stereocenters. The second kappa shape index (κ2) is 8.03. The molecule has 1 N–H and O–H groups in total. The molecule has 0 unspecified atom stereocenters. The summed E-state index contributed by atoms with van der Waals surface area (Å²) >= 11 is 0. The van der Waals surface area contributed by atoms with Crippen LogP contribution in [0.1, 0.15) is 35.3 Å². The van der Waals surface area contributed by atoms with Crippen LogP contribution in [0, 0.1) is 0 Å². The molecule has 0 fully saturated rings. The molecule has 0 heterocycles. The first-order valence-electron chi connectivity index (χ1n) is 7.98. The van der Waals surface area contributed by atoms with Gasteiger partial charge in [-0.15, -0.1) is 0 Å². The highest BCUT2D eigenvalue weighted by Crippen LogP contribution is 2.29. The van der Waals surface area contributed by atoms with Crippen LogP contribution < -0.4 is 5.32 Å². The molecule has 2 aromatic carbocycles. The van der Waals surface area contributed by atoms with E-state index in [1.165, 1.54) is 6.92 Å². The summed E-state index contributed by atoms with van der Waals surface area (Å²) in [6.45, 7) is 3.37. The van der Waals surface area contributed by atoms with Crippen LogP contribution in [0.5, 0.6) is 0 Å². The van der Waals surface area contributed by atoms with E-state index in [1.54, 1.807) is 24.3 Å². The van der Waals surface area contributed by atoms with Gasteiger partial charge < -0.3 is 10.1 Å². The Morgan fingerprint density at radius 2 is 1.62 bits per heavy atom. The van der Waals surface area contributed by atoms with Gasteiger partial charge in [-0.05, 0) is 55.3 Å². The van der Waals surface area contributed by atoms with Crippen molar-refractivity contribution in [2.75, 3.05) is 5.32 Å². The normalized spacial score (nSPS) is 12.3. The Morgan fingerprint density at radius 3 is 2.12 bits per heavy atom. The lowest BCUT2D eigenvalue weighted by molar-refractivity contribution is -0.137. The van der Waals surface area contributed by atoms with Gasteiger partial charge in [-0.25, -0.2) is 4.79 Å². The number of rotatable bonds is 5. The molecule has 2 aromatic rings. The topological polar surface area (TPSA) is 55.4 Å². The summed E-state index contributed by atoms with van der Waals surface area (Å²) in [5, 5.41) is 2.41. The van der Waals surface area contributed by atoms with Gasteiger partial charge in [0, 0.05) is 5.69 Å². The van der Waals surface area contributed by atoms with Crippen molar-refractivity contribution in [1.29, 1.82) is 0 Å². The summed E-state index contributed by atoms with van der Waals surface area (Å²) in [5.41, 5.74) is 0.745. The number of hydrogen-bond acceptors (Lipinski definition) is 3. The van der Waals surface area contributed by atoms with Crippen molar-refractivity contribution < 1.29 is 27.5 Å². The molecule has 0 saturated heterocycles. The van der Waals surface area contributed by atoms with Gasteiger partial charge in [-0.3, -0.25) is 4.79 Å². The highest BCUT2D eigenvalue weighted by molar-refractivity contribution is 5.97. The lowest BCUT2D eigenvalue weighted by atomic mass is 10.1. The Hall–Kier alpha value is -2.83. The third-order valence-corrected chi connectivity index (χ3v) is 3.73. The summed E-state index contributed by atoms with van der Waals surface area (Å²) in [6, 6.07) is 10.8. The maximum absolute atomic E-state index is 12.5. The van der Waals surface area contributed by atoms with Gasteiger partial charge >= 0.3 is 12.1 Å². The van der Waals surface area contributed by atoms with Crippen molar-refractivity contribution in [2.24, 2.45) is 0 Å². The van der Waals surface area contributed by atoms with Crippen molar-refractivity contribution in [2.45, 2.75) is 32.5 Å². The smallest absolute Gasteiger partial charge is 0.416 e. The van der Waals surface area contributed by atoms with E-state index >= 15 is 0 Å². The second-order valence-electron chi connectivity index (χ2n) is 5.66. The summed E-state index contributed by atoms with van der Waals surface area (Å²) in [4.78, 5) is 24.1. The number of anilines is 1. The van der Waals surface area contributed by atoms with Crippen LogP contribution in [0.3, 0.4) is 0 Å². The predicted molar refractivity (Wildman–Crippen MR) is 90.8 cm³/mol. The molecule has 0 aliphatic rings. The highest BCUT2D eigenvalue weighted by atomic mass is 19.4. The maximum atomic E-state index is 12.5. The molecule has 0 aliphatic carbocycles. The number of benzene rings is 2. The molecule has 0 aromatic heterocycles. The zero-order valence-corrected chi connectivity index (χ0v) is 14.3. The molecule has 1 amide bonds. The molecule has 0 bridgehead atoms. The van der Waals surface area contributed by atoms with E-state index in [9.17, 15) is 22.8 Å². The van der Waals surface area contributed by atoms with E-state index in [0.29, 0.717) is 5.56 Å². The zero-order valence-electron chi connectivity index (χ0n) is 14.3. The third-order valence-electron chi connectivity index (χ3n) is 3.73. The van der Waals surface area contributed by atoms with Crippen molar-refractivity contribution in [3.8, 4) is 0 Å².